The number of hydrazine groups is 1. The Morgan fingerprint density at radius 2 is 1.59 bits per heavy atom. The zero-order valence-corrected chi connectivity index (χ0v) is 13.8. The summed E-state index contributed by atoms with van der Waals surface area (Å²) in [5, 5.41) is 6.20. The van der Waals surface area contributed by atoms with Crippen LogP contribution in [0.15, 0.2) is 0 Å². The van der Waals surface area contributed by atoms with E-state index >= 15 is 0 Å². The van der Waals surface area contributed by atoms with Crippen LogP contribution in [0.3, 0.4) is 0 Å². The molecule has 1 aliphatic heterocycles. The fraction of sp³-hybridized carbons (Fsp3) is 0.786. The molecule has 0 aromatic heterocycles. The summed E-state index contributed by atoms with van der Waals surface area (Å²) in [5.41, 5.74) is 3.73. The van der Waals surface area contributed by atoms with Crippen LogP contribution in [0.25, 0.3) is 0 Å². The summed E-state index contributed by atoms with van der Waals surface area (Å²) in [6.45, 7) is 10.0. The number of piperidine rings is 1. The highest BCUT2D eigenvalue weighted by atomic mass is 16.6. The first-order chi connectivity index (χ1) is 10.0. The topological polar surface area (TPSA) is 109 Å². The third kappa shape index (κ3) is 5.88. The molecule has 8 heteroatoms. The molecule has 4 N–H and O–H groups in total. The van der Waals surface area contributed by atoms with E-state index in [-0.39, 0.29) is 23.7 Å². The largest absolute Gasteiger partial charge is 0.449 e. The van der Waals surface area contributed by atoms with Crippen LogP contribution in [0.1, 0.15) is 47.5 Å². The minimum absolute atomic E-state index is 0.118. The monoisotopic (exact) mass is 314 g/mol. The van der Waals surface area contributed by atoms with Crippen molar-refractivity contribution in [3.63, 3.8) is 0 Å². The van der Waals surface area contributed by atoms with Gasteiger partial charge in [0.05, 0.1) is 6.61 Å². The van der Waals surface area contributed by atoms with Crippen molar-refractivity contribution in [1.29, 1.82) is 0 Å². The minimum Gasteiger partial charge on any atom is -0.449 e. The lowest BCUT2D eigenvalue weighted by Crippen LogP contribution is -2.63. The van der Waals surface area contributed by atoms with Gasteiger partial charge in [-0.1, -0.05) is 0 Å². The molecule has 22 heavy (non-hydrogen) atoms. The second kappa shape index (κ2) is 6.95. The van der Waals surface area contributed by atoms with Gasteiger partial charge in [0.15, 0.2) is 0 Å². The molecule has 126 valence electrons. The average molecular weight is 314 g/mol. The molecular weight excluding hydrogens is 288 g/mol. The summed E-state index contributed by atoms with van der Waals surface area (Å²) < 4.78 is 4.57. The number of ether oxygens (including phenoxy) is 1. The lowest BCUT2D eigenvalue weighted by Gasteiger charge is -2.46. The van der Waals surface area contributed by atoms with E-state index in [0.717, 1.165) is 0 Å². The van der Waals surface area contributed by atoms with Crippen LogP contribution in [0.2, 0.25) is 0 Å². The molecular formula is C14H26N4O4. The van der Waals surface area contributed by atoms with E-state index in [0.29, 0.717) is 12.8 Å². The molecule has 0 atom stereocenters. The summed E-state index contributed by atoms with van der Waals surface area (Å²) >= 11 is 0. The van der Waals surface area contributed by atoms with Gasteiger partial charge in [0.2, 0.25) is 0 Å². The standard InChI is InChI=1S/C14H26N4O4/c1-6-22-12(21)17-16-11(20)10(19)15-9-7-13(2,3)18-14(4,5)8-9/h9,18H,6-8H2,1-5H3,(H,15,19)(H,16,20)(H,17,21). The second-order valence-electron chi connectivity index (χ2n) is 6.77. The van der Waals surface area contributed by atoms with Gasteiger partial charge in [-0.2, -0.15) is 0 Å². The Balaban J connectivity index is 2.50. The van der Waals surface area contributed by atoms with E-state index < -0.39 is 17.9 Å². The van der Waals surface area contributed by atoms with E-state index in [1.165, 1.54) is 0 Å². The summed E-state index contributed by atoms with van der Waals surface area (Å²) in [7, 11) is 0. The number of carbonyl (C=O) groups excluding carboxylic acids is 3. The predicted octanol–water partition coefficient (Wildman–Crippen LogP) is 0.189. The van der Waals surface area contributed by atoms with Gasteiger partial charge in [-0.15, -0.1) is 0 Å². The van der Waals surface area contributed by atoms with Crippen molar-refractivity contribution in [3.8, 4) is 0 Å². The quantitative estimate of drug-likeness (QED) is 0.430. The third-order valence-electron chi connectivity index (χ3n) is 3.29. The molecule has 1 aliphatic rings. The Labute approximate surface area is 130 Å². The van der Waals surface area contributed by atoms with Crippen LogP contribution in [0.5, 0.6) is 0 Å². The van der Waals surface area contributed by atoms with Crippen LogP contribution in [-0.4, -0.2) is 41.6 Å². The first-order valence-electron chi connectivity index (χ1n) is 7.37. The Bertz CT molecular complexity index is 432. The van der Waals surface area contributed by atoms with Crippen LogP contribution in [0.4, 0.5) is 4.79 Å². The zero-order chi connectivity index (χ0) is 17.0. The molecule has 8 nitrogen and oxygen atoms in total. The van der Waals surface area contributed by atoms with Gasteiger partial charge in [0.25, 0.3) is 0 Å². The fourth-order valence-corrected chi connectivity index (χ4v) is 3.01. The summed E-state index contributed by atoms with van der Waals surface area (Å²) in [4.78, 5) is 34.5. The Hall–Kier alpha value is -1.83. The van der Waals surface area contributed by atoms with Crippen molar-refractivity contribution in [2.24, 2.45) is 0 Å². The summed E-state index contributed by atoms with van der Waals surface area (Å²) in [6, 6.07) is -0.118. The van der Waals surface area contributed by atoms with Crippen LogP contribution in [-0.2, 0) is 14.3 Å². The maximum atomic E-state index is 11.9. The molecule has 0 saturated carbocycles. The summed E-state index contributed by atoms with van der Waals surface area (Å²) in [6.07, 6.45) is 0.606. The van der Waals surface area contributed by atoms with Crippen molar-refractivity contribution >= 4 is 17.9 Å². The zero-order valence-electron chi connectivity index (χ0n) is 13.8. The highest BCUT2D eigenvalue weighted by Gasteiger charge is 2.38. The van der Waals surface area contributed by atoms with Crippen molar-refractivity contribution in [3.05, 3.63) is 0 Å². The second-order valence-corrected chi connectivity index (χ2v) is 6.77. The Morgan fingerprint density at radius 1 is 1.05 bits per heavy atom. The predicted molar refractivity (Wildman–Crippen MR) is 80.8 cm³/mol. The molecule has 0 aromatic carbocycles. The maximum absolute atomic E-state index is 11.9. The molecule has 0 radical (unpaired) electrons. The van der Waals surface area contributed by atoms with Gasteiger partial charge >= 0.3 is 17.9 Å². The van der Waals surface area contributed by atoms with Crippen molar-refractivity contribution in [2.45, 2.75) is 64.6 Å². The number of amides is 3. The van der Waals surface area contributed by atoms with Gasteiger partial charge in [0, 0.05) is 17.1 Å². The number of nitrogens with one attached hydrogen (secondary N) is 4. The number of hydrogen-bond acceptors (Lipinski definition) is 5. The Morgan fingerprint density at radius 3 is 2.09 bits per heavy atom. The van der Waals surface area contributed by atoms with Gasteiger partial charge in [-0.25, -0.2) is 10.2 Å². The average Bonchev–Trinajstić information content (AvgIpc) is 2.32. The molecule has 1 heterocycles. The highest BCUT2D eigenvalue weighted by Crippen LogP contribution is 2.28. The SMILES string of the molecule is CCOC(=O)NNC(=O)C(=O)NC1CC(C)(C)NC(C)(C)C1. The molecule has 1 rings (SSSR count). The van der Waals surface area contributed by atoms with Crippen LogP contribution < -0.4 is 21.5 Å². The third-order valence-corrected chi connectivity index (χ3v) is 3.29. The summed E-state index contributed by atoms with van der Waals surface area (Å²) in [5.74, 6) is -1.71. The smallest absolute Gasteiger partial charge is 0.426 e. The molecule has 1 saturated heterocycles. The first-order valence-corrected chi connectivity index (χ1v) is 7.37. The fourth-order valence-electron chi connectivity index (χ4n) is 3.01. The van der Waals surface area contributed by atoms with Crippen molar-refractivity contribution in [2.75, 3.05) is 6.61 Å². The molecule has 0 bridgehead atoms. The number of hydrogen-bond donors (Lipinski definition) is 4. The molecule has 1 fully saturated rings. The van der Waals surface area contributed by atoms with E-state index in [1.54, 1.807) is 6.92 Å². The van der Waals surface area contributed by atoms with Crippen LogP contribution >= 0.6 is 0 Å². The van der Waals surface area contributed by atoms with E-state index in [2.05, 4.69) is 43.1 Å². The van der Waals surface area contributed by atoms with Crippen molar-refractivity contribution in [1.82, 2.24) is 21.5 Å². The molecule has 0 aliphatic carbocycles. The first kappa shape index (κ1) is 18.2. The van der Waals surface area contributed by atoms with E-state index in [1.807, 2.05) is 10.9 Å². The van der Waals surface area contributed by atoms with Gasteiger partial charge in [-0.05, 0) is 47.5 Å². The van der Waals surface area contributed by atoms with Gasteiger partial charge < -0.3 is 15.4 Å². The van der Waals surface area contributed by atoms with E-state index in [4.69, 9.17) is 0 Å². The molecule has 0 unspecified atom stereocenters. The van der Waals surface area contributed by atoms with E-state index in [9.17, 15) is 14.4 Å². The maximum Gasteiger partial charge on any atom is 0.426 e. The molecule has 0 spiro atoms. The number of carbonyl (C=O) groups is 3. The lowest BCUT2D eigenvalue weighted by atomic mass is 9.79. The van der Waals surface area contributed by atoms with Crippen LogP contribution in [0, 0.1) is 0 Å². The van der Waals surface area contributed by atoms with Gasteiger partial charge in [0.1, 0.15) is 0 Å². The molecule has 0 aromatic rings. The Kier molecular flexibility index (Phi) is 5.76. The lowest BCUT2D eigenvalue weighted by molar-refractivity contribution is -0.140. The van der Waals surface area contributed by atoms with Crippen molar-refractivity contribution < 1.29 is 19.1 Å². The minimum atomic E-state index is -0.929. The normalized spacial score (nSPS) is 19.9. The van der Waals surface area contributed by atoms with Gasteiger partial charge in [-0.3, -0.25) is 15.0 Å². The molecule has 3 amide bonds. The number of rotatable bonds is 2. The highest BCUT2D eigenvalue weighted by molar-refractivity contribution is 6.35.